The average molecular weight is 519 g/mol. The number of morpholine rings is 1. The second-order valence-electron chi connectivity index (χ2n) is 8.41. The van der Waals surface area contributed by atoms with Crippen molar-refractivity contribution >= 4 is 27.7 Å². The summed E-state index contributed by atoms with van der Waals surface area (Å²) in [6, 6.07) is 7.94. The Labute approximate surface area is 210 Å². The van der Waals surface area contributed by atoms with Gasteiger partial charge in [0.2, 0.25) is 21.7 Å². The minimum Gasteiger partial charge on any atom is -0.493 e. The monoisotopic (exact) mass is 518 g/mol. The van der Waals surface area contributed by atoms with Crippen LogP contribution in [0.5, 0.6) is 23.0 Å². The SMILES string of the molecule is COc1cc(/C=C/C(=O)Nc2cc(S(=O)(=O)N3CCOCC3)ccc2OC(C)C)cc2c1OCCO2. The van der Waals surface area contributed by atoms with Crippen LogP contribution in [-0.2, 0) is 19.6 Å². The predicted octanol–water partition coefficient (Wildman–Crippen LogP) is 2.93. The third-order valence-corrected chi connectivity index (χ3v) is 7.35. The molecule has 2 aromatic carbocycles. The molecule has 4 rings (SSSR count). The van der Waals surface area contributed by atoms with E-state index in [1.807, 2.05) is 13.8 Å². The van der Waals surface area contributed by atoms with Crippen LogP contribution in [-0.4, -0.2) is 71.4 Å². The highest BCUT2D eigenvalue weighted by atomic mass is 32.2. The lowest BCUT2D eigenvalue weighted by atomic mass is 10.1. The smallest absolute Gasteiger partial charge is 0.248 e. The number of hydrogen-bond acceptors (Lipinski definition) is 8. The van der Waals surface area contributed by atoms with E-state index in [-0.39, 0.29) is 29.8 Å². The summed E-state index contributed by atoms with van der Waals surface area (Å²) in [6.45, 7) is 5.78. The van der Waals surface area contributed by atoms with Crippen LogP contribution in [0.2, 0.25) is 0 Å². The lowest BCUT2D eigenvalue weighted by Crippen LogP contribution is -2.40. The first-order chi connectivity index (χ1) is 17.3. The summed E-state index contributed by atoms with van der Waals surface area (Å²) in [5.74, 6) is 1.47. The highest BCUT2D eigenvalue weighted by molar-refractivity contribution is 7.89. The molecule has 0 aromatic heterocycles. The van der Waals surface area contributed by atoms with E-state index in [1.165, 1.54) is 29.6 Å². The lowest BCUT2D eigenvalue weighted by molar-refractivity contribution is -0.111. The summed E-state index contributed by atoms with van der Waals surface area (Å²) in [5, 5.41) is 2.75. The highest BCUT2D eigenvalue weighted by Crippen LogP contribution is 2.40. The Kier molecular flexibility index (Phi) is 8.02. The van der Waals surface area contributed by atoms with E-state index >= 15 is 0 Å². The van der Waals surface area contributed by atoms with Crippen LogP contribution >= 0.6 is 0 Å². The normalized spacial score (nSPS) is 16.2. The second-order valence-corrected chi connectivity index (χ2v) is 10.3. The Hall–Kier alpha value is -3.28. The van der Waals surface area contributed by atoms with Crippen molar-refractivity contribution in [1.82, 2.24) is 4.31 Å². The van der Waals surface area contributed by atoms with Gasteiger partial charge in [0.25, 0.3) is 0 Å². The van der Waals surface area contributed by atoms with Gasteiger partial charge in [0, 0.05) is 19.2 Å². The number of ether oxygens (including phenoxy) is 5. The Morgan fingerprint density at radius 1 is 1.06 bits per heavy atom. The highest BCUT2D eigenvalue weighted by Gasteiger charge is 2.27. The molecular weight excluding hydrogens is 488 g/mol. The average Bonchev–Trinajstić information content (AvgIpc) is 2.88. The Morgan fingerprint density at radius 3 is 2.53 bits per heavy atom. The summed E-state index contributed by atoms with van der Waals surface area (Å²) in [7, 11) is -2.22. The zero-order valence-electron chi connectivity index (χ0n) is 20.5. The van der Waals surface area contributed by atoms with Gasteiger partial charge in [0.05, 0.1) is 37.0 Å². The number of methoxy groups -OCH3 is 1. The first-order valence-electron chi connectivity index (χ1n) is 11.6. The molecule has 1 fully saturated rings. The fraction of sp³-hybridized carbons (Fsp3) is 0.400. The fourth-order valence-electron chi connectivity index (χ4n) is 3.80. The van der Waals surface area contributed by atoms with E-state index in [4.69, 9.17) is 23.7 Å². The standard InChI is InChI=1S/C25H30N2O8S/c1-17(2)35-21-6-5-19(36(29,30)27-8-10-32-11-9-27)16-20(21)26-24(28)7-4-18-14-22(31-3)25-23(15-18)33-12-13-34-25/h4-7,14-17H,8-13H2,1-3H3,(H,26,28)/b7-4+. The number of amides is 1. The third kappa shape index (κ3) is 5.92. The van der Waals surface area contributed by atoms with Crippen molar-refractivity contribution in [3.8, 4) is 23.0 Å². The maximum Gasteiger partial charge on any atom is 0.248 e. The molecule has 0 aliphatic carbocycles. The van der Waals surface area contributed by atoms with Gasteiger partial charge in [-0.3, -0.25) is 4.79 Å². The van der Waals surface area contributed by atoms with Gasteiger partial charge < -0.3 is 29.0 Å². The van der Waals surface area contributed by atoms with Crippen molar-refractivity contribution in [2.24, 2.45) is 0 Å². The minimum atomic E-state index is -3.75. The number of anilines is 1. The van der Waals surface area contributed by atoms with Gasteiger partial charge in [-0.05, 0) is 55.8 Å². The van der Waals surface area contributed by atoms with Gasteiger partial charge >= 0.3 is 0 Å². The molecule has 2 aromatic rings. The molecule has 1 saturated heterocycles. The largest absolute Gasteiger partial charge is 0.493 e. The van der Waals surface area contributed by atoms with Crippen LogP contribution in [0.1, 0.15) is 19.4 Å². The Morgan fingerprint density at radius 2 is 1.81 bits per heavy atom. The molecule has 2 aliphatic heterocycles. The summed E-state index contributed by atoms with van der Waals surface area (Å²) in [6.07, 6.45) is 2.77. The van der Waals surface area contributed by atoms with Gasteiger partial charge in [-0.25, -0.2) is 8.42 Å². The predicted molar refractivity (Wildman–Crippen MR) is 133 cm³/mol. The van der Waals surface area contributed by atoms with Crippen LogP contribution in [0.3, 0.4) is 0 Å². The van der Waals surface area contributed by atoms with Gasteiger partial charge in [-0.1, -0.05) is 0 Å². The second kappa shape index (κ2) is 11.2. The van der Waals surface area contributed by atoms with Gasteiger partial charge in [-0.15, -0.1) is 0 Å². The number of benzene rings is 2. The molecule has 0 unspecified atom stereocenters. The number of rotatable bonds is 8. The van der Waals surface area contributed by atoms with Gasteiger partial charge in [0.1, 0.15) is 19.0 Å². The van der Waals surface area contributed by atoms with Crippen LogP contribution in [0.25, 0.3) is 6.08 Å². The molecule has 2 aliphatic rings. The number of nitrogens with zero attached hydrogens (tertiary/aromatic N) is 1. The van der Waals surface area contributed by atoms with Crippen molar-refractivity contribution in [3.05, 3.63) is 42.0 Å². The summed E-state index contributed by atoms with van der Waals surface area (Å²) in [4.78, 5) is 12.9. The van der Waals surface area contributed by atoms with Gasteiger partial charge in [-0.2, -0.15) is 4.31 Å². The van der Waals surface area contributed by atoms with E-state index in [9.17, 15) is 13.2 Å². The maximum atomic E-state index is 13.1. The van der Waals surface area contributed by atoms with E-state index in [0.717, 1.165) is 0 Å². The van der Waals surface area contributed by atoms with Crippen molar-refractivity contribution < 1.29 is 36.9 Å². The van der Waals surface area contributed by atoms with E-state index in [2.05, 4.69) is 5.32 Å². The van der Waals surface area contributed by atoms with E-state index in [1.54, 1.807) is 24.3 Å². The van der Waals surface area contributed by atoms with Crippen LogP contribution in [0.15, 0.2) is 41.3 Å². The first-order valence-corrected chi connectivity index (χ1v) is 13.1. The molecule has 194 valence electrons. The number of carbonyl (C=O) groups is 1. The molecule has 0 bridgehead atoms. The quantitative estimate of drug-likeness (QED) is 0.531. The molecule has 1 amide bonds. The Bertz CT molecular complexity index is 1220. The molecule has 1 N–H and O–H groups in total. The number of hydrogen-bond donors (Lipinski definition) is 1. The molecule has 36 heavy (non-hydrogen) atoms. The molecule has 10 nitrogen and oxygen atoms in total. The zero-order valence-corrected chi connectivity index (χ0v) is 21.3. The lowest BCUT2D eigenvalue weighted by Gasteiger charge is -2.26. The topological polar surface area (TPSA) is 113 Å². The summed E-state index contributed by atoms with van der Waals surface area (Å²) < 4.78 is 55.3. The number of carbonyl (C=O) groups excluding carboxylic acids is 1. The molecule has 0 saturated carbocycles. The number of nitrogens with one attached hydrogen (secondary N) is 1. The summed E-state index contributed by atoms with van der Waals surface area (Å²) in [5.41, 5.74) is 0.931. The van der Waals surface area contributed by atoms with Crippen LogP contribution in [0.4, 0.5) is 5.69 Å². The molecular formula is C25H30N2O8S. The van der Waals surface area contributed by atoms with Crippen LogP contribution < -0.4 is 24.3 Å². The van der Waals surface area contributed by atoms with E-state index < -0.39 is 15.9 Å². The fourth-order valence-corrected chi connectivity index (χ4v) is 5.23. The molecule has 0 atom stereocenters. The molecule has 0 radical (unpaired) electrons. The van der Waals surface area contributed by atoms with Crippen LogP contribution in [0, 0.1) is 0 Å². The third-order valence-electron chi connectivity index (χ3n) is 5.46. The van der Waals surface area contributed by atoms with Crippen molar-refractivity contribution in [3.63, 3.8) is 0 Å². The van der Waals surface area contributed by atoms with Crippen molar-refractivity contribution in [1.29, 1.82) is 0 Å². The number of fused-ring (bicyclic) bond motifs is 1. The van der Waals surface area contributed by atoms with Crippen molar-refractivity contribution in [2.75, 3.05) is 51.9 Å². The van der Waals surface area contributed by atoms with E-state index in [0.29, 0.717) is 55.0 Å². The Balaban J connectivity index is 1.57. The molecule has 0 spiro atoms. The minimum absolute atomic E-state index is 0.0661. The molecule has 11 heteroatoms. The van der Waals surface area contributed by atoms with Crippen molar-refractivity contribution in [2.45, 2.75) is 24.8 Å². The first kappa shape index (κ1) is 25.8. The number of sulfonamides is 1. The summed E-state index contributed by atoms with van der Waals surface area (Å²) >= 11 is 0. The zero-order chi connectivity index (χ0) is 25.7. The van der Waals surface area contributed by atoms with Gasteiger partial charge in [0.15, 0.2) is 11.5 Å². The molecule has 2 heterocycles. The maximum absolute atomic E-state index is 13.1.